The van der Waals surface area contributed by atoms with E-state index in [4.69, 9.17) is 4.74 Å². The van der Waals surface area contributed by atoms with Gasteiger partial charge in [0.15, 0.2) is 0 Å². The maximum absolute atomic E-state index is 11.1. The molecule has 0 saturated carbocycles. The van der Waals surface area contributed by atoms with Crippen molar-refractivity contribution in [2.24, 2.45) is 0 Å². The Morgan fingerprint density at radius 2 is 2.00 bits per heavy atom. The van der Waals surface area contributed by atoms with Crippen molar-refractivity contribution in [3.05, 3.63) is 30.3 Å². The predicted molar refractivity (Wildman–Crippen MR) is 59.9 cm³/mol. The first kappa shape index (κ1) is 11.6. The van der Waals surface area contributed by atoms with Gasteiger partial charge in [0.25, 0.3) is 0 Å². The fourth-order valence-corrected chi connectivity index (χ4v) is 1.33. The summed E-state index contributed by atoms with van der Waals surface area (Å²) in [6.45, 7) is 5.45. The molecule has 1 aromatic carbocycles. The van der Waals surface area contributed by atoms with Crippen LogP contribution in [0.15, 0.2) is 30.3 Å². The minimum absolute atomic E-state index is 0.0918. The standard InChI is InChI=1S/C12H17NO2/c1-3-13(11(2)14)9-10-15-12-7-5-4-6-8-12/h4-8H,3,9-10H2,1-2H3. The maximum atomic E-state index is 11.1. The van der Waals surface area contributed by atoms with E-state index in [9.17, 15) is 4.79 Å². The second-order valence-corrected chi connectivity index (χ2v) is 3.26. The fourth-order valence-electron chi connectivity index (χ4n) is 1.33. The Morgan fingerprint density at radius 3 is 2.53 bits per heavy atom. The minimum Gasteiger partial charge on any atom is -0.492 e. The highest BCUT2D eigenvalue weighted by atomic mass is 16.5. The molecule has 0 fully saturated rings. The average molecular weight is 207 g/mol. The number of ether oxygens (including phenoxy) is 1. The zero-order valence-corrected chi connectivity index (χ0v) is 9.27. The quantitative estimate of drug-likeness (QED) is 0.738. The highest BCUT2D eigenvalue weighted by Crippen LogP contribution is 2.07. The number of likely N-dealkylation sites (N-methyl/N-ethyl adjacent to an activating group) is 1. The van der Waals surface area contributed by atoms with Gasteiger partial charge in [-0.05, 0) is 19.1 Å². The summed E-state index contributed by atoms with van der Waals surface area (Å²) >= 11 is 0. The summed E-state index contributed by atoms with van der Waals surface area (Å²) in [4.78, 5) is 12.8. The molecule has 1 rings (SSSR count). The zero-order valence-electron chi connectivity index (χ0n) is 9.27. The SMILES string of the molecule is CCN(CCOc1ccccc1)C(C)=O. The predicted octanol–water partition coefficient (Wildman–Crippen LogP) is 1.93. The van der Waals surface area contributed by atoms with Gasteiger partial charge in [-0.25, -0.2) is 0 Å². The Kier molecular flexibility index (Phi) is 4.68. The van der Waals surface area contributed by atoms with E-state index >= 15 is 0 Å². The number of carbonyl (C=O) groups is 1. The van der Waals surface area contributed by atoms with Crippen LogP contribution in [0.4, 0.5) is 0 Å². The van der Waals surface area contributed by atoms with Crippen molar-refractivity contribution in [3.63, 3.8) is 0 Å². The van der Waals surface area contributed by atoms with Gasteiger partial charge in [0.1, 0.15) is 12.4 Å². The fraction of sp³-hybridized carbons (Fsp3) is 0.417. The molecule has 0 radical (unpaired) electrons. The number of amides is 1. The normalized spacial score (nSPS) is 9.73. The Bertz CT molecular complexity index is 298. The summed E-state index contributed by atoms with van der Waals surface area (Å²) in [5.74, 6) is 0.936. The molecule has 0 aromatic heterocycles. The summed E-state index contributed by atoms with van der Waals surface area (Å²) < 4.78 is 5.49. The molecule has 0 unspecified atom stereocenters. The highest BCUT2D eigenvalue weighted by Gasteiger charge is 2.04. The topological polar surface area (TPSA) is 29.5 Å². The number of rotatable bonds is 5. The monoisotopic (exact) mass is 207 g/mol. The van der Waals surface area contributed by atoms with Gasteiger partial charge in [0, 0.05) is 13.5 Å². The van der Waals surface area contributed by atoms with Crippen LogP contribution in [-0.4, -0.2) is 30.5 Å². The Morgan fingerprint density at radius 1 is 1.33 bits per heavy atom. The molecule has 0 saturated heterocycles. The lowest BCUT2D eigenvalue weighted by molar-refractivity contribution is -0.129. The first-order chi connectivity index (χ1) is 7.24. The first-order valence-electron chi connectivity index (χ1n) is 5.17. The molecule has 15 heavy (non-hydrogen) atoms. The molecule has 0 aliphatic heterocycles. The van der Waals surface area contributed by atoms with Crippen molar-refractivity contribution >= 4 is 5.91 Å². The van der Waals surface area contributed by atoms with Crippen LogP contribution in [0.3, 0.4) is 0 Å². The van der Waals surface area contributed by atoms with Gasteiger partial charge in [-0.1, -0.05) is 18.2 Å². The number of para-hydroxylation sites is 1. The third-order valence-corrected chi connectivity index (χ3v) is 2.20. The van der Waals surface area contributed by atoms with Crippen LogP contribution < -0.4 is 4.74 Å². The Labute approximate surface area is 90.7 Å². The highest BCUT2D eigenvalue weighted by molar-refractivity contribution is 5.73. The number of nitrogens with zero attached hydrogens (tertiary/aromatic N) is 1. The number of benzene rings is 1. The third kappa shape index (κ3) is 4.02. The van der Waals surface area contributed by atoms with Gasteiger partial charge in [0.2, 0.25) is 5.91 Å². The largest absolute Gasteiger partial charge is 0.492 e. The Balaban J connectivity index is 2.30. The van der Waals surface area contributed by atoms with E-state index in [0.29, 0.717) is 13.2 Å². The van der Waals surface area contributed by atoms with Crippen LogP contribution in [0.25, 0.3) is 0 Å². The van der Waals surface area contributed by atoms with Crippen LogP contribution >= 0.6 is 0 Å². The molecule has 1 amide bonds. The van der Waals surface area contributed by atoms with Gasteiger partial charge < -0.3 is 9.64 Å². The molecule has 1 aromatic rings. The third-order valence-electron chi connectivity index (χ3n) is 2.20. The van der Waals surface area contributed by atoms with Crippen LogP contribution in [0.1, 0.15) is 13.8 Å². The van der Waals surface area contributed by atoms with E-state index in [0.717, 1.165) is 12.3 Å². The molecular weight excluding hydrogens is 190 g/mol. The molecule has 0 spiro atoms. The second kappa shape index (κ2) is 6.06. The Hall–Kier alpha value is -1.51. The zero-order chi connectivity index (χ0) is 11.1. The summed E-state index contributed by atoms with van der Waals surface area (Å²) in [6, 6.07) is 9.62. The van der Waals surface area contributed by atoms with Crippen molar-refractivity contribution in [2.75, 3.05) is 19.7 Å². The number of carbonyl (C=O) groups excluding carboxylic acids is 1. The van der Waals surface area contributed by atoms with Gasteiger partial charge in [-0.2, -0.15) is 0 Å². The van der Waals surface area contributed by atoms with E-state index < -0.39 is 0 Å². The smallest absolute Gasteiger partial charge is 0.219 e. The lowest BCUT2D eigenvalue weighted by Crippen LogP contribution is -2.32. The molecule has 0 N–H and O–H groups in total. The van der Waals surface area contributed by atoms with E-state index in [1.54, 1.807) is 11.8 Å². The summed E-state index contributed by atoms with van der Waals surface area (Å²) in [5.41, 5.74) is 0. The van der Waals surface area contributed by atoms with E-state index in [1.165, 1.54) is 0 Å². The van der Waals surface area contributed by atoms with E-state index in [2.05, 4.69) is 0 Å². The van der Waals surface area contributed by atoms with Crippen LogP contribution in [0.2, 0.25) is 0 Å². The molecule has 0 atom stereocenters. The van der Waals surface area contributed by atoms with Crippen molar-refractivity contribution < 1.29 is 9.53 Å². The summed E-state index contributed by atoms with van der Waals surface area (Å²) in [7, 11) is 0. The first-order valence-corrected chi connectivity index (χ1v) is 5.17. The van der Waals surface area contributed by atoms with Crippen molar-refractivity contribution in [1.29, 1.82) is 0 Å². The number of hydrogen-bond acceptors (Lipinski definition) is 2. The van der Waals surface area contributed by atoms with Crippen LogP contribution in [0.5, 0.6) is 5.75 Å². The molecule has 0 bridgehead atoms. The van der Waals surface area contributed by atoms with Crippen molar-refractivity contribution in [3.8, 4) is 5.75 Å². The molecular formula is C12H17NO2. The lowest BCUT2D eigenvalue weighted by atomic mass is 10.3. The number of hydrogen-bond donors (Lipinski definition) is 0. The molecule has 0 heterocycles. The summed E-state index contributed by atoms with van der Waals surface area (Å²) in [5, 5.41) is 0. The van der Waals surface area contributed by atoms with Crippen LogP contribution in [0, 0.1) is 0 Å². The van der Waals surface area contributed by atoms with Crippen LogP contribution in [-0.2, 0) is 4.79 Å². The second-order valence-electron chi connectivity index (χ2n) is 3.26. The van der Waals surface area contributed by atoms with Crippen molar-refractivity contribution in [2.45, 2.75) is 13.8 Å². The average Bonchev–Trinajstić information content (AvgIpc) is 2.25. The maximum Gasteiger partial charge on any atom is 0.219 e. The van der Waals surface area contributed by atoms with Gasteiger partial charge in [-0.3, -0.25) is 4.79 Å². The minimum atomic E-state index is 0.0918. The molecule has 3 nitrogen and oxygen atoms in total. The van der Waals surface area contributed by atoms with Gasteiger partial charge in [-0.15, -0.1) is 0 Å². The van der Waals surface area contributed by atoms with Crippen molar-refractivity contribution in [1.82, 2.24) is 4.90 Å². The molecule has 0 aliphatic carbocycles. The van der Waals surface area contributed by atoms with E-state index in [-0.39, 0.29) is 5.91 Å². The molecule has 0 aliphatic rings. The lowest BCUT2D eigenvalue weighted by Gasteiger charge is -2.18. The van der Waals surface area contributed by atoms with E-state index in [1.807, 2.05) is 37.3 Å². The van der Waals surface area contributed by atoms with Gasteiger partial charge in [0.05, 0.1) is 6.54 Å². The molecule has 82 valence electrons. The molecule has 3 heteroatoms. The summed E-state index contributed by atoms with van der Waals surface area (Å²) in [6.07, 6.45) is 0. The van der Waals surface area contributed by atoms with Gasteiger partial charge >= 0.3 is 0 Å².